The number of carbonyl (C=O) groups excluding carboxylic acids is 1. The normalized spacial score (nSPS) is 26.4. The molecule has 0 radical (unpaired) electrons. The van der Waals surface area contributed by atoms with Crippen LogP contribution < -0.4 is 10.2 Å². The summed E-state index contributed by atoms with van der Waals surface area (Å²) in [5, 5.41) is 3.08. The Morgan fingerprint density at radius 1 is 1.40 bits per heavy atom. The second kappa shape index (κ2) is 4.04. The molecule has 0 aromatic carbocycles. The maximum atomic E-state index is 12.2. The lowest BCUT2D eigenvalue weighted by molar-refractivity contribution is -0.123. The zero-order valence-electron chi connectivity index (χ0n) is 11.6. The molecule has 3 aliphatic rings. The van der Waals surface area contributed by atoms with Crippen LogP contribution >= 0.6 is 0 Å². The summed E-state index contributed by atoms with van der Waals surface area (Å²) in [6.45, 7) is 2.64. The first-order valence-electron chi connectivity index (χ1n) is 7.29. The molecule has 20 heavy (non-hydrogen) atoms. The molecule has 4 rings (SSSR count). The van der Waals surface area contributed by atoms with Gasteiger partial charge in [-0.2, -0.15) is 0 Å². The van der Waals surface area contributed by atoms with Gasteiger partial charge in [0.2, 0.25) is 5.91 Å². The average Bonchev–Trinajstić information content (AvgIpc) is 2.92. The fourth-order valence-electron chi connectivity index (χ4n) is 3.81. The standard InChI is InChI=1S/C15H18N4O/c1-10-16-8-11-4-5-12-14(20)17-9-15(6-2-3-7-15)19(12)13(11)18-10/h4-5,8,12H,2-3,6-7,9H2,1H3,(H,17,20). The van der Waals surface area contributed by atoms with E-state index in [1.165, 1.54) is 12.8 Å². The van der Waals surface area contributed by atoms with Gasteiger partial charge in [-0.1, -0.05) is 25.0 Å². The highest BCUT2D eigenvalue weighted by Gasteiger charge is 2.49. The minimum absolute atomic E-state index is 0.0406. The number of aryl methyl sites for hydroxylation is 1. The number of nitrogens with one attached hydrogen (secondary N) is 1. The third-order valence-corrected chi connectivity index (χ3v) is 4.79. The zero-order valence-corrected chi connectivity index (χ0v) is 11.6. The molecule has 3 heterocycles. The number of rotatable bonds is 0. The molecular formula is C15H18N4O. The molecule has 1 amide bonds. The molecule has 1 saturated carbocycles. The van der Waals surface area contributed by atoms with Crippen molar-refractivity contribution >= 4 is 17.8 Å². The second-order valence-corrected chi connectivity index (χ2v) is 6.02. The van der Waals surface area contributed by atoms with Crippen LogP contribution in [0.25, 0.3) is 6.08 Å². The minimum atomic E-state index is -0.219. The van der Waals surface area contributed by atoms with Gasteiger partial charge in [0.05, 0.1) is 5.54 Å². The van der Waals surface area contributed by atoms with Crippen LogP contribution in [0.5, 0.6) is 0 Å². The van der Waals surface area contributed by atoms with E-state index in [2.05, 4.69) is 20.2 Å². The summed E-state index contributed by atoms with van der Waals surface area (Å²) in [5.74, 6) is 1.78. The van der Waals surface area contributed by atoms with Crippen LogP contribution in [0.1, 0.15) is 37.1 Å². The Labute approximate surface area is 118 Å². The molecule has 1 aromatic rings. The summed E-state index contributed by atoms with van der Waals surface area (Å²) in [7, 11) is 0. The second-order valence-electron chi connectivity index (χ2n) is 6.02. The fraction of sp³-hybridized carbons (Fsp3) is 0.533. The Hall–Kier alpha value is -1.91. The summed E-state index contributed by atoms with van der Waals surface area (Å²) in [6.07, 6.45) is 10.5. The number of hydrogen-bond donors (Lipinski definition) is 1. The summed E-state index contributed by atoms with van der Waals surface area (Å²) in [6, 6.07) is -0.219. The van der Waals surface area contributed by atoms with Gasteiger partial charge >= 0.3 is 0 Å². The number of amides is 1. The van der Waals surface area contributed by atoms with Crippen molar-refractivity contribution in [3.63, 3.8) is 0 Å². The predicted octanol–water partition coefficient (Wildman–Crippen LogP) is 1.43. The van der Waals surface area contributed by atoms with E-state index in [-0.39, 0.29) is 17.5 Å². The van der Waals surface area contributed by atoms with E-state index >= 15 is 0 Å². The molecule has 1 N–H and O–H groups in total. The van der Waals surface area contributed by atoms with Crippen LogP contribution in [-0.2, 0) is 4.79 Å². The van der Waals surface area contributed by atoms with Gasteiger partial charge in [0.25, 0.3) is 0 Å². The van der Waals surface area contributed by atoms with E-state index in [0.717, 1.165) is 36.6 Å². The fourth-order valence-corrected chi connectivity index (χ4v) is 3.81. The molecule has 1 aliphatic carbocycles. The molecule has 2 aliphatic heterocycles. The first-order valence-corrected chi connectivity index (χ1v) is 7.29. The Bertz CT molecular complexity index is 604. The quantitative estimate of drug-likeness (QED) is 0.775. The lowest BCUT2D eigenvalue weighted by atomic mass is 9.87. The van der Waals surface area contributed by atoms with Crippen molar-refractivity contribution in [1.29, 1.82) is 0 Å². The highest BCUT2D eigenvalue weighted by atomic mass is 16.2. The number of piperazine rings is 1. The van der Waals surface area contributed by atoms with Crippen LogP contribution in [0.4, 0.5) is 5.82 Å². The molecule has 0 bridgehead atoms. The van der Waals surface area contributed by atoms with E-state index in [1.807, 2.05) is 25.3 Å². The van der Waals surface area contributed by atoms with E-state index in [4.69, 9.17) is 0 Å². The molecule has 1 spiro atoms. The van der Waals surface area contributed by atoms with Crippen molar-refractivity contribution in [1.82, 2.24) is 15.3 Å². The van der Waals surface area contributed by atoms with Gasteiger partial charge in [-0.05, 0) is 19.8 Å². The molecule has 1 atom stereocenters. The number of anilines is 1. The summed E-state index contributed by atoms with van der Waals surface area (Å²) in [5.41, 5.74) is 1.06. The Morgan fingerprint density at radius 3 is 3.00 bits per heavy atom. The lowest BCUT2D eigenvalue weighted by Gasteiger charge is -2.50. The Balaban J connectivity index is 1.89. The monoisotopic (exact) mass is 270 g/mol. The molecular weight excluding hydrogens is 252 g/mol. The first kappa shape index (κ1) is 11.9. The van der Waals surface area contributed by atoms with Crippen LogP contribution in [-0.4, -0.2) is 34.0 Å². The Morgan fingerprint density at radius 2 is 2.20 bits per heavy atom. The van der Waals surface area contributed by atoms with Crippen LogP contribution in [0.15, 0.2) is 12.3 Å². The maximum Gasteiger partial charge on any atom is 0.246 e. The zero-order chi connectivity index (χ0) is 13.7. The SMILES string of the molecule is Cc1ncc2c(n1)N1C(C=C2)C(=O)NCC12CCCC2. The van der Waals surface area contributed by atoms with Crippen molar-refractivity contribution in [3.05, 3.63) is 23.7 Å². The van der Waals surface area contributed by atoms with Gasteiger partial charge in [0.1, 0.15) is 17.7 Å². The highest BCUT2D eigenvalue weighted by molar-refractivity contribution is 5.92. The summed E-state index contributed by atoms with van der Waals surface area (Å²) >= 11 is 0. The molecule has 1 unspecified atom stereocenters. The van der Waals surface area contributed by atoms with Crippen LogP contribution in [0.2, 0.25) is 0 Å². The van der Waals surface area contributed by atoms with Crippen molar-refractivity contribution in [2.45, 2.75) is 44.2 Å². The molecule has 104 valence electrons. The maximum absolute atomic E-state index is 12.2. The number of nitrogens with zero attached hydrogens (tertiary/aromatic N) is 3. The third-order valence-electron chi connectivity index (χ3n) is 4.79. The topological polar surface area (TPSA) is 58.1 Å². The average molecular weight is 270 g/mol. The first-order chi connectivity index (χ1) is 9.70. The van der Waals surface area contributed by atoms with Gasteiger partial charge < -0.3 is 10.2 Å². The lowest BCUT2D eigenvalue weighted by Crippen LogP contribution is -2.67. The number of aromatic nitrogens is 2. The van der Waals surface area contributed by atoms with E-state index in [9.17, 15) is 4.79 Å². The van der Waals surface area contributed by atoms with Gasteiger partial charge in [0.15, 0.2) is 0 Å². The van der Waals surface area contributed by atoms with Crippen molar-refractivity contribution < 1.29 is 4.79 Å². The van der Waals surface area contributed by atoms with Crippen molar-refractivity contribution in [2.75, 3.05) is 11.4 Å². The van der Waals surface area contributed by atoms with E-state index < -0.39 is 0 Å². The van der Waals surface area contributed by atoms with Gasteiger partial charge in [-0.3, -0.25) is 4.79 Å². The highest BCUT2D eigenvalue weighted by Crippen LogP contribution is 2.43. The predicted molar refractivity (Wildman–Crippen MR) is 76.3 cm³/mol. The number of fused-ring (bicyclic) bond motifs is 4. The molecule has 1 aromatic heterocycles. The van der Waals surface area contributed by atoms with E-state index in [0.29, 0.717) is 0 Å². The molecule has 5 nitrogen and oxygen atoms in total. The summed E-state index contributed by atoms with van der Waals surface area (Å²) < 4.78 is 0. The molecule has 5 heteroatoms. The van der Waals surface area contributed by atoms with Crippen molar-refractivity contribution in [2.24, 2.45) is 0 Å². The largest absolute Gasteiger partial charge is 0.352 e. The minimum Gasteiger partial charge on any atom is -0.352 e. The smallest absolute Gasteiger partial charge is 0.246 e. The number of hydrogen-bond acceptors (Lipinski definition) is 4. The van der Waals surface area contributed by atoms with Gasteiger partial charge in [0, 0.05) is 18.3 Å². The number of carbonyl (C=O) groups is 1. The van der Waals surface area contributed by atoms with Crippen LogP contribution in [0.3, 0.4) is 0 Å². The van der Waals surface area contributed by atoms with E-state index in [1.54, 1.807) is 0 Å². The third kappa shape index (κ3) is 1.52. The van der Waals surface area contributed by atoms with Gasteiger partial charge in [-0.25, -0.2) is 9.97 Å². The van der Waals surface area contributed by atoms with Gasteiger partial charge in [-0.15, -0.1) is 0 Å². The van der Waals surface area contributed by atoms with Crippen molar-refractivity contribution in [3.8, 4) is 0 Å². The van der Waals surface area contributed by atoms with Crippen LogP contribution in [0, 0.1) is 6.92 Å². The summed E-state index contributed by atoms with van der Waals surface area (Å²) in [4.78, 5) is 23.4. The Kier molecular flexibility index (Phi) is 2.40. The molecule has 1 saturated heterocycles. The molecule has 2 fully saturated rings.